The Balaban J connectivity index is 2.92. The van der Waals surface area contributed by atoms with Gasteiger partial charge in [-0.15, -0.1) is 13.2 Å². The molecular formula is C10H9F3N2O. The zero-order valence-electron chi connectivity index (χ0n) is 8.38. The highest BCUT2D eigenvalue weighted by atomic mass is 19.4. The largest absolute Gasteiger partial charge is 0.573 e. The minimum Gasteiger partial charge on any atom is -0.406 e. The molecule has 1 unspecified atom stereocenters. The van der Waals surface area contributed by atoms with Crippen LogP contribution in [0.3, 0.4) is 0 Å². The van der Waals surface area contributed by atoms with E-state index in [9.17, 15) is 13.2 Å². The second kappa shape index (κ2) is 4.86. The fourth-order valence-electron chi connectivity index (χ4n) is 1.20. The van der Waals surface area contributed by atoms with Crippen molar-refractivity contribution >= 4 is 0 Å². The monoisotopic (exact) mass is 230 g/mol. The Bertz CT molecular complexity index is 398. The number of hydrogen-bond donors (Lipinski definition) is 1. The van der Waals surface area contributed by atoms with Crippen LogP contribution in [0, 0.1) is 11.3 Å². The normalized spacial score (nSPS) is 12.9. The van der Waals surface area contributed by atoms with Crippen LogP contribution in [0.4, 0.5) is 13.2 Å². The summed E-state index contributed by atoms with van der Waals surface area (Å²) < 4.78 is 39.5. The van der Waals surface area contributed by atoms with Gasteiger partial charge in [-0.25, -0.2) is 0 Å². The van der Waals surface area contributed by atoms with Crippen molar-refractivity contribution in [2.24, 2.45) is 0 Å². The second-order valence-electron chi connectivity index (χ2n) is 2.97. The molecule has 16 heavy (non-hydrogen) atoms. The maximum atomic E-state index is 11.9. The topological polar surface area (TPSA) is 45.0 Å². The average molecular weight is 230 g/mol. The van der Waals surface area contributed by atoms with Gasteiger partial charge in [0.25, 0.3) is 0 Å². The summed E-state index contributed by atoms with van der Waals surface area (Å²) in [5.41, 5.74) is 0.423. The van der Waals surface area contributed by atoms with Crippen molar-refractivity contribution in [3.05, 3.63) is 29.8 Å². The van der Waals surface area contributed by atoms with Crippen LogP contribution in [0.5, 0.6) is 5.75 Å². The molecular weight excluding hydrogens is 221 g/mol. The van der Waals surface area contributed by atoms with E-state index in [0.29, 0.717) is 5.56 Å². The molecule has 0 bridgehead atoms. The quantitative estimate of drug-likeness (QED) is 0.866. The van der Waals surface area contributed by atoms with E-state index in [1.807, 2.05) is 6.07 Å². The van der Waals surface area contributed by atoms with Crippen molar-refractivity contribution in [2.45, 2.75) is 12.4 Å². The number of alkyl halides is 3. The van der Waals surface area contributed by atoms with E-state index in [4.69, 9.17) is 5.26 Å². The van der Waals surface area contributed by atoms with Gasteiger partial charge in [-0.05, 0) is 24.7 Å². The molecule has 0 aliphatic heterocycles. The molecule has 0 aliphatic rings. The standard InChI is InChI=1S/C10H9F3N2O/c1-15-9(6-14)7-3-2-4-8(5-7)16-10(11,12)13/h2-5,9,15H,1H3. The van der Waals surface area contributed by atoms with Gasteiger partial charge in [0, 0.05) is 0 Å². The highest BCUT2D eigenvalue weighted by Gasteiger charge is 2.31. The number of nitriles is 1. The predicted octanol–water partition coefficient (Wildman–Crippen LogP) is 2.37. The summed E-state index contributed by atoms with van der Waals surface area (Å²) >= 11 is 0. The lowest BCUT2D eigenvalue weighted by atomic mass is 10.1. The van der Waals surface area contributed by atoms with Crippen LogP contribution in [0.25, 0.3) is 0 Å². The number of benzene rings is 1. The van der Waals surface area contributed by atoms with Crippen molar-refractivity contribution < 1.29 is 17.9 Å². The fraction of sp³-hybridized carbons (Fsp3) is 0.300. The van der Waals surface area contributed by atoms with Gasteiger partial charge in [0.2, 0.25) is 0 Å². The maximum Gasteiger partial charge on any atom is 0.573 e. The van der Waals surface area contributed by atoms with Gasteiger partial charge in [0.05, 0.1) is 6.07 Å². The molecule has 0 radical (unpaired) electrons. The number of halogens is 3. The minimum absolute atomic E-state index is 0.333. The summed E-state index contributed by atoms with van der Waals surface area (Å²) in [7, 11) is 1.55. The van der Waals surface area contributed by atoms with Gasteiger partial charge in [0.15, 0.2) is 0 Å². The molecule has 1 aromatic carbocycles. The number of nitrogens with one attached hydrogen (secondary N) is 1. The van der Waals surface area contributed by atoms with E-state index in [2.05, 4.69) is 10.1 Å². The number of ether oxygens (including phenoxy) is 1. The highest BCUT2D eigenvalue weighted by Crippen LogP contribution is 2.25. The van der Waals surface area contributed by atoms with E-state index < -0.39 is 12.4 Å². The molecule has 1 aromatic rings. The lowest BCUT2D eigenvalue weighted by molar-refractivity contribution is -0.274. The van der Waals surface area contributed by atoms with Crippen LogP contribution in [0.2, 0.25) is 0 Å². The first-order chi connectivity index (χ1) is 7.46. The first kappa shape index (κ1) is 12.3. The van der Waals surface area contributed by atoms with Crippen molar-refractivity contribution in [1.29, 1.82) is 5.26 Å². The van der Waals surface area contributed by atoms with Crippen LogP contribution in [-0.2, 0) is 0 Å². The Morgan fingerprint density at radius 2 is 2.12 bits per heavy atom. The van der Waals surface area contributed by atoms with Gasteiger partial charge in [-0.3, -0.25) is 0 Å². The third kappa shape index (κ3) is 3.44. The molecule has 0 amide bonds. The second-order valence-corrected chi connectivity index (χ2v) is 2.97. The van der Waals surface area contributed by atoms with Gasteiger partial charge in [-0.1, -0.05) is 12.1 Å². The Labute approximate surface area is 90.4 Å². The van der Waals surface area contributed by atoms with Gasteiger partial charge < -0.3 is 10.1 Å². The predicted molar refractivity (Wildman–Crippen MR) is 50.5 cm³/mol. The van der Waals surface area contributed by atoms with Gasteiger partial charge in [-0.2, -0.15) is 5.26 Å². The van der Waals surface area contributed by atoms with Crippen LogP contribution in [0.1, 0.15) is 11.6 Å². The average Bonchev–Trinajstić information content (AvgIpc) is 2.17. The molecule has 0 saturated carbocycles. The smallest absolute Gasteiger partial charge is 0.406 e. The molecule has 3 nitrogen and oxygen atoms in total. The Morgan fingerprint density at radius 3 is 2.62 bits per heavy atom. The first-order valence-electron chi connectivity index (χ1n) is 4.39. The van der Waals surface area contributed by atoms with Crippen molar-refractivity contribution in [2.75, 3.05) is 7.05 Å². The molecule has 0 fully saturated rings. The van der Waals surface area contributed by atoms with E-state index in [1.54, 1.807) is 13.1 Å². The molecule has 6 heteroatoms. The third-order valence-corrected chi connectivity index (χ3v) is 1.84. The highest BCUT2D eigenvalue weighted by molar-refractivity contribution is 5.33. The summed E-state index contributed by atoms with van der Waals surface area (Å²) in [4.78, 5) is 0. The lowest BCUT2D eigenvalue weighted by Crippen LogP contribution is -2.18. The van der Waals surface area contributed by atoms with E-state index >= 15 is 0 Å². The van der Waals surface area contributed by atoms with Gasteiger partial charge >= 0.3 is 6.36 Å². The Hall–Kier alpha value is -1.74. The molecule has 0 saturated heterocycles. The lowest BCUT2D eigenvalue weighted by Gasteiger charge is -2.12. The van der Waals surface area contributed by atoms with E-state index in [1.165, 1.54) is 18.2 Å². The summed E-state index contributed by atoms with van der Waals surface area (Å²) in [5.74, 6) is -0.333. The molecule has 0 heterocycles. The van der Waals surface area contributed by atoms with E-state index in [-0.39, 0.29) is 5.75 Å². The third-order valence-electron chi connectivity index (χ3n) is 1.84. The summed E-state index contributed by atoms with van der Waals surface area (Å²) in [6, 6.07) is 6.56. The van der Waals surface area contributed by atoms with Crippen LogP contribution >= 0.6 is 0 Å². The molecule has 0 aromatic heterocycles. The molecule has 0 spiro atoms. The number of nitrogens with zero attached hydrogens (tertiary/aromatic N) is 1. The van der Waals surface area contributed by atoms with Crippen molar-refractivity contribution in [3.63, 3.8) is 0 Å². The molecule has 1 N–H and O–H groups in total. The van der Waals surface area contributed by atoms with E-state index in [0.717, 1.165) is 0 Å². The molecule has 86 valence electrons. The Kier molecular flexibility index (Phi) is 3.74. The number of hydrogen-bond acceptors (Lipinski definition) is 3. The minimum atomic E-state index is -4.72. The van der Waals surface area contributed by atoms with Crippen molar-refractivity contribution in [1.82, 2.24) is 5.32 Å². The SMILES string of the molecule is CNC(C#N)c1cccc(OC(F)(F)F)c1. The summed E-state index contributed by atoms with van der Waals surface area (Å²) in [6.45, 7) is 0. The molecule has 1 atom stereocenters. The molecule has 1 rings (SSSR count). The van der Waals surface area contributed by atoms with Crippen LogP contribution in [-0.4, -0.2) is 13.4 Å². The Morgan fingerprint density at radius 1 is 1.44 bits per heavy atom. The summed E-state index contributed by atoms with van der Waals surface area (Å²) in [6.07, 6.45) is -4.72. The maximum absolute atomic E-state index is 11.9. The zero-order valence-corrected chi connectivity index (χ0v) is 8.38. The van der Waals surface area contributed by atoms with Crippen LogP contribution in [0.15, 0.2) is 24.3 Å². The first-order valence-corrected chi connectivity index (χ1v) is 4.39. The van der Waals surface area contributed by atoms with Crippen LogP contribution < -0.4 is 10.1 Å². The zero-order chi connectivity index (χ0) is 12.2. The number of rotatable bonds is 3. The van der Waals surface area contributed by atoms with Gasteiger partial charge in [0.1, 0.15) is 11.8 Å². The summed E-state index contributed by atoms with van der Waals surface area (Å²) in [5, 5.41) is 11.4. The fourth-order valence-corrected chi connectivity index (χ4v) is 1.20. The molecule has 0 aliphatic carbocycles. The van der Waals surface area contributed by atoms with Crippen molar-refractivity contribution in [3.8, 4) is 11.8 Å².